The molecule has 0 spiro atoms. The lowest BCUT2D eigenvalue weighted by atomic mass is 9.98. The standard InChI is InChI=1S/C15H20FN3O/c1-9-13(10(2)19(3)18-9)8-15(17)12-6-5-11(20-4)7-14(12)16/h5-7,15H,8,17H2,1-4H3. The van der Waals surface area contributed by atoms with Crippen molar-refractivity contribution in [1.29, 1.82) is 0 Å². The molecule has 1 atom stereocenters. The van der Waals surface area contributed by atoms with Gasteiger partial charge in [-0.15, -0.1) is 0 Å². The van der Waals surface area contributed by atoms with E-state index in [-0.39, 0.29) is 5.82 Å². The van der Waals surface area contributed by atoms with E-state index in [1.165, 1.54) is 13.2 Å². The molecule has 1 aromatic heterocycles. The minimum atomic E-state index is -0.400. The third-order valence-corrected chi connectivity index (χ3v) is 3.69. The lowest BCUT2D eigenvalue weighted by Gasteiger charge is -2.14. The number of aromatic nitrogens is 2. The molecule has 0 amide bonds. The van der Waals surface area contributed by atoms with Crippen LogP contribution in [0.4, 0.5) is 4.39 Å². The maximum Gasteiger partial charge on any atom is 0.131 e. The van der Waals surface area contributed by atoms with Gasteiger partial charge in [-0.3, -0.25) is 4.68 Å². The van der Waals surface area contributed by atoms with Crippen molar-refractivity contribution < 1.29 is 9.13 Å². The molecule has 0 radical (unpaired) electrons. The van der Waals surface area contributed by atoms with Gasteiger partial charge in [0.25, 0.3) is 0 Å². The van der Waals surface area contributed by atoms with E-state index < -0.39 is 6.04 Å². The second kappa shape index (κ2) is 5.63. The van der Waals surface area contributed by atoms with Crippen molar-refractivity contribution in [2.24, 2.45) is 12.8 Å². The van der Waals surface area contributed by atoms with E-state index in [9.17, 15) is 4.39 Å². The van der Waals surface area contributed by atoms with Crippen LogP contribution in [-0.2, 0) is 13.5 Å². The fraction of sp³-hybridized carbons (Fsp3) is 0.400. The molecule has 20 heavy (non-hydrogen) atoms. The van der Waals surface area contributed by atoms with E-state index in [4.69, 9.17) is 10.5 Å². The van der Waals surface area contributed by atoms with Gasteiger partial charge < -0.3 is 10.5 Å². The maximum absolute atomic E-state index is 14.0. The highest BCUT2D eigenvalue weighted by Gasteiger charge is 2.17. The van der Waals surface area contributed by atoms with Crippen LogP contribution in [0.25, 0.3) is 0 Å². The van der Waals surface area contributed by atoms with Gasteiger partial charge in [-0.2, -0.15) is 5.10 Å². The van der Waals surface area contributed by atoms with Crippen molar-refractivity contribution >= 4 is 0 Å². The van der Waals surface area contributed by atoms with Crippen LogP contribution in [0.15, 0.2) is 18.2 Å². The zero-order valence-electron chi connectivity index (χ0n) is 12.3. The number of methoxy groups -OCH3 is 1. The number of ether oxygens (including phenoxy) is 1. The summed E-state index contributed by atoms with van der Waals surface area (Å²) in [6, 6.07) is 4.36. The first-order valence-electron chi connectivity index (χ1n) is 6.52. The summed E-state index contributed by atoms with van der Waals surface area (Å²) in [5.74, 6) is 0.156. The molecule has 0 fully saturated rings. The van der Waals surface area contributed by atoms with Crippen LogP contribution in [0.3, 0.4) is 0 Å². The number of halogens is 1. The van der Waals surface area contributed by atoms with E-state index in [2.05, 4.69) is 5.10 Å². The smallest absolute Gasteiger partial charge is 0.131 e. The van der Waals surface area contributed by atoms with Crippen LogP contribution in [0.1, 0.15) is 28.6 Å². The predicted octanol–water partition coefficient (Wildman–Crippen LogP) is 2.43. The van der Waals surface area contributed by atoms with Gasteiger partial charge >= 0.3 is 0 Å². The van der Waals surface area contributed by atoms with E-state index in [1.54, 1.807) is 12.1 Å². The van der Waals surface area contributed by atoms with Gasteiger partial charge in [-0.05, 0) is 31.9 Å². The maximum atomic E-state index is 14.0. The van der Waals surface area contributed by atoms with Crippen molar-refractivity contribution in [3.8, 4) is 5.75 Å². The molecule has 1 unspecified atom stereocenters. The Hall–Kier alpha value is -1.88. The highest BCUT2D eigenvalue weighted by molar-refractivity contribution is 5.33. The average molecular weight is 277 g/mol. The molecular formula is C15H20FN3O. The predicted molar refractivity (Wildman–Crippen MR) is 76.3 cm³/mol. The number of hydrogen-bond donors (Lipinski definition) is 1. The Morgan fingerprint density at radius 1 is 1.40 bits per heavy atom. The van der Waals surface area contributed by atoms with Crippen molar-refractivity contribution in [3.05, 3.63) is 46.5 Å². The molecule has 0 aliphatic carbocycles. The van der Waals surface area contributed by atoms with Gasteiger partial charge in [0.2, 0.25) is 0 Å². The van der Waals surface area contributed by atoms with Crippen LogP contribution >= 0.6 is 0 Å². The first-order chi connectivity index (χ1) is 9.43. The van der Waals surface area contributed by atoms with Crippen LogP contribution < -0.4 is 10.5 Å². The van der Waals surface area contributed by atoms with Gasteiger partial charge in [0, 0.05) is 30.4 Å². The average Bonchev–Trinajstić information content (AvgIpc) is 2.65. The molecule has 108 valence electrons. The molecule has 4 nitrogen and oxygen atoms in total. The summed E-state index contributed by atoms with van der Waals surface area (Å²) in [4.78, 5) is 0. The molecule has 0 saturated heterocycles. The van der Waals surface area contributed by atoms with Crippen molar-refractivity contribution in [3.63, 3.8) is 0 Å². The Balaban J connectivity index is 2.26. The molecule has 0 aliphatic heterocycles. The highest BCUT2D eigenvalue weighted by Crippen LogP contribution is 2.25. The Morgan fingerprint density at radius 2 is 2.10 bits per heavy atom. The SMILES string of the molecule is COc1ccc(C(N)Cc2c(C)nn(C)c2C)c(F)c1. The normalized spacial score (nSPS) is 12.5. The molecule has 5 heteroatoms. The zero-order valence-corrected chi connectivity index (χ0v) is 12.3. The number of aryl methyl sites for hydroxylation is 2. The lowest BCUT2D eigenvalue weighted by Crippen LogP contribution is -2.16. The third-order valence-electron chi connectivity index (χ3n) is 3.69. The quantitative estimate of drug-likeness (QED) is 0.933. The summed E-state index contributed by atoms with van der Waals surface area (Å²) >= 11 is 0. The fourth-order valence-electron chi connectivity index (χ4n) is 2.38. The number of nitrogens with two attached hydrogens (primary N) is 1. The summed E-state index contributed by atoms with van der Waals surface area (Å²) in [5, 5.41) is 4.35. The molecular weight excluding hydrogens is 257 g/mol. The van der Waals surface area contributed by atoms with Gasteiger partial charge in [-0.25, -0.2) is 4.39 Å². The Morgan fingerprint density at radius 3 is 2.60 bits per heavy atom. The van der Waals surface area contributed by atoms with E-state index in [0.29, 0.717) is 17.7 Å². The van der Waals surface area contributed by atoms with Gasteiger partial charge in [-0.1, -0.05) is 6.07 Å². The van der Waals surface area contributed by atoms with Crippen LogP contribution in [0.5, 0.6) is 5.75 Å². The molecule has 0 aliphatic rings. The Bertz CT molecular complexity index is 622. The first-order valence-corrected chi connectivity index (χ1v) is 6.52. The second-order valence-electron chi connectivity index (χ2n) is 4.97. The highest BCUT2D eigenvalue weighted by atomic mass is 19.1. The second-order valence-corrected chi connectivity index (χ2v) is 4.97. The van der Waals surface area contributed by atoms with Crippen LogP contribution in [0.2, 0.25) is 0 Å². The fourth-order valence-corrected chi connectivity index (χ4v) is 2.38. The number of nitrogens with zero attached hydrogens (tertiary/aromatic N) is 2. The topological polar surface area (TPSA) is 53.1 Å². The van der Waals surface area contributed by atoms with Crippen LogP contribution in [-0.4, -0.2) is 16.9 Å². The van der Waals surface area contributed by atoms with Gasteiger partial charge in [0.05, 0.1) is 12.8 Å². The van der Waals surface area contributed by atoms with Crippen LogP contribution in [0, 0.1) is 19.7 Å². The largest absolute Gasteiger partial charge is 0.497 e. The summed E-state index contributed by atoms with van der Waals surface area (Å²) < 4.78 is 20.8. The summed E-state index contributed by atoms with van der Waals surface area (Å²) in [5.41, 5.74) is 9.72. The summed E-state index contributed by atoms with van der Waals surface area (Å²) in [7, 11) is 3.40. The van der Waals surface area contributed by atoms with E-state index >= 15 is 0 Å². The number of hydrogen-bond acceptors (Lipinski definition) is 3. The minimum absolute atomic E-state index is 0.337. The molecule has 2 rings (SSSR count). The third kappa shape index (κ3) is 2.67. The molecule has 1 heterocycles. The summed E-state index contributed by atoms with van der Waals surface area (Å²) in [6.45, 7) is 3.94. The molecule has 2 aromatic rings. The van der Waals surface area contributed by atoms with Gasteiger partial charge in [0.15, 0.2) is 0 Å². The van der Waals surface area contributed by atoms with E-state index in [1.807, 2.05) is 25.6 Å². The lowest BCUT2D eigenvalue weighted by molar-refractivity contribution is 0.410. The number of benzene rings is 1. The molecule has 1 aromatic carbocycles. The first kappa shape index (κ1) is 14.5. The molecule has 0 bridgehead atoms. The molecule has 0 saturated carbocycles. The monoisotopic (exact) mass is 277 g/mol. The molecule has 2 N–H and O–H groups in total. The van der Waals surface area contributed by atoms with Crippen molar-refractivity contribution in [1.82, 2.24) is 9.78 Å². The van der Waals surface area contributed by atoms with Crippen molar-refractivity contribution in [2.75, 3.05) is 7.11 Å². The van der Waals surface area contributed by atoms with Gasteiger partial charge in [0.1, 0.15) is 11.6 Å². The zero-order chi connectivity index (χ0) is 14.9. The summed E-state index contributed by atoms with van der Waals surface area (Å²) in [6.07, 6.45) is 0.564. The van der Waals surface area contributed by atoms with Crippen molar-refractivity contribution in [2.45, 2.75) is 26.3 Å². The minimum Gasteiger partial charge on any atom is -0.497 e. The Labute approximate surface area is 118 Å². The van der Waals surface area contributed by atoms with E-state index in [0.717, 1.165) is 17.0 Å². The number of rotatable bonds is 4. The Kier molecular flexibility index (Phi) is 4.09.